The van der Waals surface area contributed by atoms with Gasteiger partial charge >= 0.3 is 5.97 Å². The van der Waals surface area contributed by atoms with Crippen molar-refractivity contribution >= 4 is 11.7 Å². The lowest BCUT2D eigenvalue weighted by Gasteiger charge is -2.49. The number of cyclic esters (lactones) is 1. The average molecular weight is 1120 g/mol. The lowest BCUT2D eigenvalue weighted by atomic mass is 9.77. The van der Waals surface area contributed by atoms with E-state index in [2.05, 4.69) is 26.4 Å². The van der Waals surface area contributed by atoms with Gasteiger partial charge < -0.3 is 68.6 Å². The molecule has 3 aromatic rings. The van der Waals surface area contributed by atoms with Gasteiger partial charge in [0.1, 0.15) is 30.0 Å². The topological polar surface area (TPSA) is 256 Å². The molecule has 0 radical (unpaired) electrons. The van der Waals surface area contributed by atoms with Gasteiger partial charge in [-0.15, -0.1) is 5.10 Å². The minimum absolute atomic E-state index is 0.103. The van der Waals surface area contributed by atoms with Crippen LogP contribution in [0.15, 0.2) is 59.9 Å². The van der Waals surface area contributed by atoms with Gasteiger partial charge in [0.05, 0.1) is 71.1 Å². The molecule has 4 aliphatic rings. The van der Waals surface area contributed by atoms with E-state index >= 15 is 0 Å². The van der Waals surface area contributed by atoms with Crippen LogP contribution in [0, 0.1) is 29.1 Å². The van der Waals surface area contributed by atoms with Crippen LogP contribution in [0.4, 0.5) is 0 Å². The number of aryl methyl sites for hydroxylation is 1. The number of carbonyl (C=O) groups is 1. The zero-order chi connectivity index (χ0) is 58.4. The first kappa shape index (κ1) is 63.1. The molecule has 19 atom stereocenters. The number of likely N-dealkylation sites (N-methyl/N-ethyl adjacent to an activating group) is 2. The predicted molar refractivity (Wildman–Crippen MR) is 299 cm³/mol. The summed E-state index contributed by atoms with van der Waals surface area (Å²) in [5, 5.41) is 82.2. The third-order valence-corrected chi connectivity index (χ3v) is 17.6. The van der Waals surface area contributed by atoms with Crippen molar-refractivity contribution in [2.75, 3.05) is 34.3 Å². The number of esters is 1. The molecule has 20 heteroatoms. The number of nitrogens with zero attached hydrogens (tertiary/aromatic N) is 7. The van der Waals surface area contributed by atoms with Crippen molar-refractivity contribution in [1.82, 2.24) is 24.8 Å². The number of rotatable bonds is 16. The number of methoxy groups -OCH3 is 1. The number of oxime groups is 1. The highest BCUT2D eigenvalue weighted by Gasteiger charge is 2.53. The van der Waals surface area contributed by atoms with Gasteiger partial charge in [-0.25, -0.2) is 4.68 Å². The molecule has 0 amide bonds. The number of aliphatic hydroxyl groups excluding tert-OH is 3. The molecule has 0 bridgehead atoms. The van der Waals surface area contributed by atoms with E-state index in [0.29, 0.717) is 44.5 Å². The Balaban J connectivity index is 1.01. The highest BCUT2D eigenvalue weighted by molar-refractivity contribution is 6.01. The molecule has 0 saturated carbocycles. The number of hydrogen-bond donors (Lipinski definition) is 5. The quantitative estimate of drug-likeness (QED) is 0.0862. The summed E-state index contributed by atoms with van der Waals surface area (Å²) >= 11 is 0. The summed E-state index contributed by atoms with van der Waals surface area (Å²) in [6.07, 6.45) is -4.20. The largest absolute Gasteiger partial charge is 0.459 e. The first-order chi connectivity index (χ1) is 37.8. The number of carbonyl (C=O) groups excluding carboxylic acids is 1. The molecule has 1 aromatic heterocycles. The number of hydrogen-bond acceptors (Lipinski definition) is 19. The molecule has 0 unspecified atom stereocenters. The minimum atomic E-state index is -1.84. The van der Waals surface area contributed by atoms with Gasteiger partial charge in [0.25, 0.3) is 0 Å². The lowest BCUT2D eigenvalue weighted by molar-refractivity contribution is -0.318. The van der Waals surface area contributed by atoms with Crippen LogP contribution in [0.1, 0.15) is 131 Å². The van der Waals surface area contributed by atoms with Crippen molar-refractivity contribution in [1.29, 1.82) is 5.26 Å². The van der Waals surface area contributed by atoms with Crippen molar-refractivity contribution < 1.29 is 63.6 Å². The summed E-state index contributed by atoms with van der Waals surface area (Å²) in [6.45, 7) is 19.2. The Labute approximate surface area is 473 Å². The highest BCUT2D eigenvalue weighted by Crippen LogP contribution is 2.40. The molecule has 7 rings (SSSR count). The fourth-order valence-electron chi connectivity index (χ4n) is 12.5. The van der Waals surface area contributed by atoms with E-state index < -0.39 is 96.0 Å². The number of unbranched alkanes of at least 4 members (excludes halogenated alkanes) is 1. The van der Waals surface area contributed by atoms with Gasteiger partial charge in [-0.05, 0) is 142 Å². The van der Waals surface area contributed by atoms with Gasteiger partial charge in [0, 0.05) is 50.7 Å². The number of nitriles is 1. The van der Waals surface area contributed by atoms with Crippen LogP contribution in [0.5, 0.6) is 0 Å². The Hall–Kier alpha value is -4.47. The van der Waals surface area contributed by atoms with E-state index in [1.165, 1.54) is 14.0 Å². The fourth-order valence-corrected chi connectivity index (χ4v) is 12.5. The van der Waals surface area contributed by atoms with Crippen LogP contribution < -0.4 is 0 Å². The van der Waals surface area contributed by atoms with Crippen LogP contribution >= 0.6 is 0 Å². The molecular formula is C60H91N7O13. The maximum atomic E-state index is 14.5. The molecule has 444 valence electrons. The zero-order valence-corrected chi connectivity index (χ0v) is 49.3. The molecule has 2 aromatic carbocycles. The van der Waals surface area contributed by atoms with E-state index in [1.54, 1.807) is 46.2 Å². The molecule has 5 N–H and O–H groups in total. The van der Waals surface area contributed by atoms with E-state index in [1.807, 2.05) is 94.5 Å². The number of aliphatic hydroxyl groups is 5. The molecule has 3 saturated heterocycles. The fraction of sp³-hybridized carbons (Fsp3) is 0.717. The molecular weight excluding hydrogens is 1030 g/mol. The second-order valence-corrected chi connectivity index (χ2v) is 24.3. The Morgan fingerprint density at radius 2 is 1.56 bits per heavy atom. The van der Waals surface area contributed by atoms with Gasteiger partial charge in [0.2, 0.25) is 0 Å². The third kappa shape index (κ3) is 14.8. The van der Waals surface area contributed by atoms with Crippen LogP contribution in [0.3, 0.4) is 0 Å². The van der Waals surface area contributed by atoms with Gasteiger partial charge in [-0.2, -0.15) is 5.26 Å². The number of aromatic nitrogens is 3. The molecule has 0 aliphatic carbocycles. The second-order valence-electron chi connectivity index (χ2n) is 24.3. The van der Waals surface area contributed by atoms with Crippen LogP contribution in [-0.4, -0.2) is 193 Å². The molecule has 20 nitrogen and oxygen atoms in total. The Kier molecular flexibility index (Phi) is 21.2. The van der Waals surface area contributed by atoms with Crippen LogP contribution in [0.25, 0.3) is 11.1 Å². The first-order valence-electron chi connectivity index (χ1n) is 28.8. The summed E-state index contributed by atoms with van der Waals surface area (Å²) in [6, 6.07) is 16.9. The molecule has 4 aliphatic heterocycles. The van der Waals surface area contributed by atoms with Crippen molar-refractivity contribution in [3.8, 4) is 17.2 Å². The summed E-state index contributed by atoms with van der Waals surface area (Å²) in [5.74, 6) is -2.77. The number of ether oxygens (including phenoxy) is 6. The molecule has 0 spiro atoms. The third-order valence-electron chi connectivity index (χ3n) is 17.6. The second kappa shape index (κ2) is 26.8. The summed E-state index contributed by atoms with van der Waals surface area (Å²) in [7, 11) is 5.33. The average Bonchev–Trinajstić information content (AvgIpc) is 4.17. The minimum Gasteiger partial charge on any atom is -0.459 e. The predicted octanol–water partition coefficient (Wildman–Crippen LogP) is 5.62. The summed E-state index contributed by atoms with van der Waals surface area (Å²) in [4.78, 5) is 24.4. The standard InChI is InChI=1S/C60H91N7O13/c1-14-49-60(10,73)53(69)39(6)66(12)32-35(2)29-58(8,72)55(37(4)52(38(5)56(71)77-49)78-50-30-59(9,74-13)54(70)40(7)76-50)79-57-51(68)48(27-36(3)75-57)65(11)26-16-15-17-45-33-67(64-62-45)34-46-28-47(63-80-46)44-24-22-43(23-25-44)42-20-18-41(31-61)19-21-42/h18-25,33,35-40,46,48-55,57,68-70,72-73H,14-17,26-30,32,34H2,1-13H3/t35-,36-,37+,38-,39-,40+,46-,48+,49-,50+,51-,52+,53-,54+,55-,57+,58-,59-,60-/m1/s1. The monoisotopic (exact) mass is 1120 g/mol. The smallest absolute Gasteiger partial charge is 0.311 e. The Morgan fingerprint density at radius 1 is 0.900 bits per heavy atom. The van der Waals surface area contributed by atoms with E-state index in [0.717, 1.165) is 40.9 Å². The normalized spacial score (nSPS) is 38.0. The van der Waals surface area contributed by atoms with E-state index in [4.69, 9.17) is 38.5 Å². The number of benzene rings is 2. The van der Waals surface area contributed by atoms with Crippen molar-refractivity contribution in [3.63, 3.8) is 0 Å². The highest BCUT2D eigenvalue weighted by atomic mass is 16.7. The Morgan fingerprint density at radius 3 is 2.21 bits per heavy atom. The van der Waals surface area contributed by atoms with Crippen LogP contribution in [-0.2, 0) is 51.0 Å². The SMILES string of the molecule is CC[C@H]1OC(=O)[C@H](C)[C@@H](O[C@H]2C[C@@](C)(OC)[C@@H](O)[C@H](C)O2)[C@H](C)[C@@H](O[C@@H]2O[C@H](C)C[C@H](N(C)CCCCc3cn(C[C@H]4CC(c5ccc(-c6ccc(C#N)cc6)cc5)=NO4)nn3)[C@H]2O)[C@](C)(O)C[C@@H](C)CN(C)[C@H](C)[C@@H](O)[C@]1(C)O. The molecule has 5 heterocycles. The first-order valence-corrected chi connectivity index (χ1v) is 28.8. The molecule has 80 heavy (non-hydrogen) atoms. The lowest BCUT2D eigenvalue weighted by Crippen LogP contribution is -2.60. The summed E-state index contributed by atoms with van der Waals surface area (Å²) in [5.41, 5.74) is 0.904. The van der Waals surface area contributed by atoms with Gasteiger partial charge in [-0.3, -0.25) is 4.79 Å². The Bertz CT molecular complexity index is 2540. The summed E-state index contributed by atoms with van der Waals surface area (Å²) < 4.78 is 40.2. The van der Waals surface area contributed by atoms with Crippen molar-refractivity contribution in [3.05, 3.63) is 71.5 Å². The molecule has 3 fully saturated rings. The maximum absolute atomic E-state index is 14.5. The van der Waals surface area contributed by atoms with Gasteiger partial charge in [-0.1, -0.05) is 67.5 Å². The van der Waals surface area contributed by atoms with Crippen LogP contribution in [0.2, 0.25) is 0 Å². The maximum Gasteiger partial charge on any atom is 0.311 e. The van der Waals surface area contributed by atoms with Crippen molar-refractivity contribution in [2.45, 2.75) is 224 Å². The van der Waals surface area contributed by atoms with Crippen molar-refractivity contribution in [2.24, 2.45) is 22.9 Å². The zero-order valence-electron chi connectivity index (χ0n) is 49.3. The van der Waals surface area contributed by atoms with Gasteiger partial charge in [0.15, 0.2) is 18.7 Å². The van der Waals surface area contributed by atoms with E-state index in [-0.39, 0.29) is 43.4 Å². The van der Waals surface area contributed by atoms with E-state index in [9.17, 15) is 30.3 Å².